The molecule has 0 radical (unpaired) electrons. The third-order valence-electron chi connectivity index (χ3n) is 4.50. The Morgan fingerprint density at radius 1 is 1.30 bits per heavy atom. The van der Waals surface area contributed by atoms with Crippen molar-refractivity contribution in [3.63, 3.8) is 0 Å². The third-order valence-corrected chi connectivity index (χ3v) is 4.50. The summed E-state index contributed by atoms with van der Waals surface area (Å²) in [6.07, 6.45) is 6.53. The van der Waals surface area contributed by atoms with E-state index in [1.807, 2.05) is 0 Å². The smallest absolute Gasteiger partial charge is 0.170 e. The Morgan fingerprint density at radius 3 is 2.85 bits per heavy atom. The van der Waals surface area contributed by atoms with Gasteiger partial charge in [0.2, 0.25) is 0 Å². The van der Waals surface area contributed by atoms with Crippen LogP contribution in [-0.4, -0.2) is 23.6 Å². The van der Waals surface area contributed by atoms with Crippen molar-refractivity contribution in [2.75, 3.05) is 11.4 Å². The summed E-state index contributed by atoms with van der Waals surface area (Å²) in [5.74, 6) is 1.02. The second-order valence-corrected chi connectivity index (χ2v) is 6.45. The molecule has 1 N–H and O–H groups in total. The van der Waals surface area contributed by atoms with Crippen LogP contribution in [0.3, 0.4) is 0 Å². The Balaban J connectivity index is 1.78. The SMILES string of the molecule is CC1CCC(C)N(c2nccc(CNC3CC3)c2F)C1. The number of hydrogen-bond donors (Lipinski definition) is 1. The molecule has 3 nitrogen and oxygen atoms in total. The number of hydrogen-bond acceptors (Lipinski definition) is 3. The van der Waals surface area contributed by atoms with Crippen molar-refractivity contribution in [2.45, 2.75) is 58.2 Å². The lowest BCUT2D eigenvalue weighted by Gasteiger charge is -2.38. The van der Waals surface area contributed by atoms with Crippen molar-refractivity contribution in [2.24, 2.45) is 5.92 Å². The summed E-state index contributed by atoms with van der Waals surface area (Å²) in [6, 6.07) is 2.77. The molecular weight excluding hydrogens is 253 g/mol. The molecule has 3 rings (SSSR count). The van der Waals surface area contributed by atoms with Crippen molar-refractivity contribution in [1.29, 1.82) is 0 Å². The maximum atomic E-state index is 14.7. The summed E-state index contributed by atoms with van der Waals surface area (Å²) in [4.78, 5) is 6.46. The summed E-state index contributed by atoms with van der Waals surface area (Å²) >= 11 is 0. The van der Waals surface area contributed by atoms with E-state index in [0.29, 0.717) is 30.4 Å². The first-order chi connectivity index (χ1) is 9.65. The highest BCUT2D eigenvalue weighted by Gasteiger charge is 2.27. The quantitative estimate of drug-likeness (QED) is 0.916. The molecule has 2 atom stereocenters. The van der Waals surface area contributed by atoms with E-state index in [4.69, 9.17) is 0 Å². The predicted octanol–water partition coefficient (Wildman–Crippen LogP) is 3.10. The fourth-order valence-electron chi connectivity index (χ4n) is 2.93. The van der Waals surface area contributed by atoms with Gasteiger partial charge in [-0.1, -0.05) is 6.92 Å². The second kappa shape index (κ2) is 5.68. The van der Waals surface area contributed by atoms with Crippen LogP contribution in [-0.2, 0) is 6.54 Å². The molecule has 4 heteroatoms. The highest BCUT2D eigenvalue weighted by molar-refractivity contribution is 5.44. The van der Waals surface area contributed by atoms with Gasteiger partial charge in [-0.15, -0.1) is 0 Å². The van der Waals surface area contributed by atoms with Crippen molar-refractivity contribution in [3.05, 3.63) is 23.6 Å². The average molecular weight is 277 g/mol. The lowest BCUT2D eigenvalue weighted by Crippen LogP contribution is -2.42. The van der Waals surface area contributed by atoms with Crippen LogP contribution >= 0.6 is 0 Å². The number of pyridine rings is 1. The summed E-state index contributed by atoms with van der Waals surface area (Å²) in [5, 5.41) is 3.38. The zero-order chi connectivity index (χ0) is 14.1. The van der Waals surface area contributed by atoms with Crippen molar-refractivity contribution in [1.82, 2.24) is 10.3 Å². The number of halogens is 1. The molecule has 20 heavy (non-hydrogen) atoms. The van der Waals surface area contributed by atoms with Crippen molar-refractivity contribution in [3.8, 4) is 0 Å². The number of rotatable bonds is 4. The van der Waals surface area contributed by atoms with Gasteiger partial charge in [0.1, 0.15) is 0 Å². The Morgan fingerprint density at radius 2 is 2.10 bits per heavy atom. The van der Waals surface area contributed by atoms with Crippen LogP contribution in [0.2, 0.25) is 0 Å². The van der Waals surface area contributed by atoms with E-state index < -0.39 is 0 Å². The van der Waals surface area contributed by atoms with Gasteiger partial charge in [-0.25, -0.2) is 9.37 Å². The molecule has 2 unspecified atom stereocenters. The first-order valence-corrected chi connectivity index (χ1v) is 7.78. The van der Waals surface area contributed by atoms with Crippen LogP contribution < -0.4 is 10.2 Å². The molecule has 0 bridgehead atoms. The van der Waals surface area contributed by atoms with Crippen LogP contribution in [0.1, 0.15) is 45.1 Å². The van der Waals surface area contributed by atoms with Gasteiger partial charge in [0, 0.05) is 36.9 Å². The van der Waals surface area contributed by atoms with Gasteiger partial charge in [0.25, 0.3) is 0 Å². The fraction of sp³-hybridized carbons (Fsp3) is 0.688. The number of nitrogens with zero attached hydrogens (tertiary/aromatic N) is 2. The molecule has 110 valence electrons. The van der Waals surface area contributed by atoms with Crippen molar-refractivity contribution >= 4 is 5.82 Å². The van der Waals surface area contributed by atoms with E-state index in [9.17, 15) is 4.39 Å². The van der Waals surface area contributed by atoms with Gasteiger partial charge in [-0.3, -0.25) is 0 Å². The Hall–Kier alpha value is -1.16. The van der Waals surface area contributed by atoms with Crippen LogP contribution in [0, 0.1) is 11.7 Å². The monoisotopic (exact) mass is 277 g/mol. The molecule has 1 aromatic heterocycles. The molecule has 1 saturated carbocycles. The second-order valence-electron chi connectivity index (χ2n) is 6.45. The maximum absolute atomic E-state index is 14.7. The van der Waals surface area contributed by atoms with E-state index in [2.05, 4.69) is 29.0 Å². The summed E-state index contributed by atoms with van der Waals surface area (Å²) in [7, 11) is 0. The Bertz CT molecular complexity index is 473. The first-order valence-electron chi connectivity index (χ1n) is 7.78. The van der Waals surface area contributed by atoms with Gasteiger partial charge in [-0.2, -0.15) is 0 Å². The molecule has 2 heterocycles. The van der Waals surface area contributed by atoms with Crippen LogP contribution in [0.5, 0.6) is 0 Å². The first kappa shape index (κ1) is 13.8. The number of aromatic nitrogens is 1. The highest BCUT2D eigenvalue weighted by Crippen LogP contribution is 2.29. The molecule has 2 aliphatic rings. The predicted molar refractivity (Wildman–Crippen MR) is 79.3 cm³/mol. The van der Waals surface area contributed by atoms with E-state index in [1.165, 1.54) is 19.3 Å². The lowest BCUT2D eigenvalue weighted by atomic mass is 9.95. The summed E-state index contributed by atoms with van der Waals surface area (Å²) < 4.78 is 14.7. The Kier molecular flexibility index (Phi) is 3.92. The van der Waals surface area contributed by atoms with Gasteiger partial charge in [0.05, 0.1) is 0 Å². The average Bonchev–Trinajstić information content (AvgIpc) is 3.25. The molecule has 1 aliphatic carbocycles. The third kappa shape index (κ3) is 2.95. The zero-order valence-electron chi connectivity index (χ0n) is 12.4. The van der Waals surface area contributed by atoms with Gasteiger partial charge >= 0.3 is 0 Å². The zero-order valence-corrected chi connectivity index (χ0v) is 12.4. The topological polar surface area (TPSA) is 28.2 Å². The largest absolute Gasteiger partial charge is 0.351 e. The minimum Gasteiger partial charge on any atom is -0.351 e. The molecule has 0 spiro atoms. The van der Waals surface area contributed by atoms with E-state index >= 15 is 0 Å². The molecule has 1 aromatic rings. The van der Waals surface area contributed by atoms with E-state index in [-0.39, 0.29) is 5.82 Å². The molecular formula is C16H24FN3. The molecule has 0 aromatic carbocycles. The molecule has 0 amide bonds. The van der Waals surface area contributed by atoms with E-state index in [0.717, 1.165) is 18.5 Å². The summed E-state index contributed by atoms with van der Waals surface area (Å²) in [5.41, 5.74) is 0.743. The van der Waals surface area contributed by atoms with Gasteiger partial charge < -0.3 is 10.2 Å². The van der Waals surface area contributed by atoms with Crippen molar-refractivity contribution < 1.29 is 4.39 Å². The minimum atomic E-state index is -0.137. The standard InChI is InChI=1S/C16H24FN3/c1-11-3-4-12(2)20(10-11)16-15(17)13(7-8-18-16)9-19-14-5-6-14/h7-8,11-12,14,19H,3-6,9-10H2,1-2H3. The Labute approximate surface area is 120 Å². The fourth-order valence-corrected chi connectivity index (χ4v) is 2.93. The van der Waals surface area contributed by atoms with Gasteiger partial charge in [-0.05, 0) is 44.6 Å². The molecule has 1 saturated heterocycles. The van der Waals surface area contributed by atoms with Crippen LogP contribution in [0.15, 0.2) is 12.3 Å². The van der Waals surface area contributed by atoms with E-state index in [1.54, 1.807) is 12.3 Å². The minimum absolute atomic E-state index is 0.137. The normalized spacial score (nSPS) is 26.9. The number of anilines is 1. The van der Waals surface area contributed by atoms with Crippen LogP contribution in [0.4, 0.5) is 10.2 Å². The molecule has 1 aliphatic heterocycles. The maximum Gasteiger partial charge on any atom is 0.170 e. The van der Waals surface area contributed by atoms with Crippen LogP contribution in [0.25, 0.3) is 0 Å². The summed E-state index contributed by atoms with van der Waals surface area (Å²) in [6.45, 7) is 5.92. The number of nitrogens with one attached hydrogen (secondary N) is 1. The lowest BCUT2D eigenvalue weighted by molar-refractivity contribution is 0.383. The number of piperidine rings is 1. The highest BCUT2D eigenvalue weighted by atomic mass is 19.1. The van der Waals surface area contributed by atoms with Gasteiger partial charge in [0.15, 0.2) is 11.6 Å². The molecule has 2 fully saturated rings.